The lowest BCUT2D eigenvalue weighted by Gasteiger charge is -2.20. The van der Waals surface area contributed by atoms with E-state index in [9.17, 15) is 31.9 Å². The molecule has 0 aliphatic rings. The summed E-state index contributed by atoms with van der Waals surface area (Å²) in [6, 6.07) is 2.91. The van der Waals surface area contributed by atoms with Crippen molar-refractivity contribution in [2.75, 3.05) is 5.75 Å². The minimum Gasteiger partial charge on any atom is -0.302 e. The highest BCUT2D eigenvalue weighted by Crippen LogP contribution is 2.29. The highest BCUT2D eigenvalue weighted by Gasteiger charge is 2.38. The van der Waals surface area contributed by atoms with Gasteiger partial charge in [-0.2, -0.15) is 13.2 Å². The Morgan fingerprint density at radius 2 is 1.76 bits per heavy atom. The molecule has 0 atom stereocenters. The molecule has 0 heterocycles. The first kappa shape index (κ1) is 29.3. The topological polar surface area (TPSA) is 80.5 Å². The summed E-state index contributed by atoms with van der Waals surface area (Å²) in [4.78, 5) is 31.9. The maximum atomic E-state index is 12.9. The number of ketones is 1. The molecule has 164 valence electrons. The molecule has 0 bridgehead atoms. The minimum atomic E-state index is -4.83. The molecule has 0 saturated heterocycles. The summed E-state index contributed by atoms with van der Waals surface area (Å²) < 4.78 is 49.5. The van der Waals surface area contributed by atoms with Crippen LogP contribution >= 0.6 is 23.4 Å². The summed E-state index contributed by atoms with van der Waals surface area (Å²) >= 11 is 7.06. The van der Waals surface area contributed by atoms with Gasteiger partial charge in [-0.3, -0.25) is 9.59 Å². The quantitative estimate of drug-likeness (QED) is 0.130. The van der Waals surface area contributed by atoms with Crippen molar-refractivity contribution < 1.29 is 31.9 Å². The van der Waals surface area contributed by atoms with Crippen LogP contribution in [0, 0.1) is 12.7 Å². The number of aldehydes is 1. The predicted molar refractivity (Wildman–Crippen MR) is 106 cm³/mol. The van der Waals surface area contributed by atoms with E-state index in [4.69, 9.17) is 17.4 Å². The molecule has 0 spiro atoms. The third-order valence-electron chi connectivity index (χ3n) is 2.75. The Bertz CT molecular complexity index is 741. The second kappa shape index (κ2) is 14.1. The number of amides is 1. The standard InChI is InChI=1S/C9H8ClFOS.C7H9F3N2O2.C2H6/c1-6-4-9(13-3-2-12)7(10)5-8(6)11;1-4(13)3-6(7(8,9)10)12(11)5(2)14;1-2/h2,4-5H,3H2,1H3;3H,11H2,1-2H3;1-2H3/b;6-3-;. The first-order valence-electron chi connectivity index (χ1n) is 8.18. The van der Waals surface area contributed by atoms with E-state index in [2.05, 4.69) is 0 Å². The van der Waals surface area contributed by atoms with E-state index in [-0.39, 0.29) is 16.9 Å². The number of nitrogens with zero attached hydrogens (tertiary/aromatic N) is 1. The number of halogens is 5. The van der Waals surface area contributed by atoms with Crippen LogP contribution in [0.25, 0.3) is 0 Å². The van der Waals surface area contributed by atoms with Gasteiger partial charge in [-0.1, -0.05) is 25.4 Å². The number of benzene rings is 1. The number of aryl methyl sites for hydroxylation is 1. The summed E-state index contributed by atoms with van der Waals surface area (Å²) in [5.74, 6) is 3.01. The Labute approximate surface area is 176 Å². The number of thioether (sulfide) groups is 1. The van der Waals surface area contributed by atoms with Crippen molar-refractivity contribution in [1.82, 2.24) is 5.01 Å². The van der Waals surface area contributed by atoms with E-state index in [0.29, 0.717) is 16.3 Å². The Balaban J connectivity index is 0. The van der Waals surface area contributed by atoms with Gasteiger partial charge in [0.1, 0.15) is 17.8 Å². The molecular formula is C18H23ClF4N2O3S. The van der Waals surface area contributed by atoms with Crippen molar-refractivity contribution in [1.29, 1.82) is 0 Å². The maximum absolute atomic E-state index is 12.9. The van der Waals surface area contributed by atoms with Crippen LogP contribution in [0.4, 0.5) is 17.6 Å². The molecule has 1 aromatic rings. The summed E-state index contributed by atoms with van der Waals surface area (Å²) in [6.07, 6.45) is -3.77. The van der Waals surface area contributed by atoms with Gasteiger partial charge in [-0.15, -0.1) is 11.8 Å². The lowest BCUT2D eigenvalue weighted by atomic mass is 10.2. The largest absolute Gasteiger partial charge is 0.433 e. The molecule has 2 N–H and O–H groups in total. The van der Waals surface area contributed by atoms with E-state index in [1.165, 1.54) is 17.8 Å². The molecule has 1 rings (SSSR count). The average molecular weight is 459 g/mol. The van der Waals surface area contributed by atoms with Crippen molar-refractivity contribution in [3.63, 3.8) is 0 Å². The average Bonchev–Trinajstić information content (AvgIpc) is 2.62. The number of nitrogens with two attached hydrogens (primary N) is 1. The number of hydrogen-bond acceptors (Lipinski definition) is 5. The lowest BCUT2D eigenvalue weighted by Crippen LogP contribution is -2.40. The zero-order chi connectivity index (χ0) is 23.4. The first-order valence-corrected chi connectivity index (χ1v) is 9.54. The van der Waals surface area contributed by atoms with Gasteiger partial charge in [0, 0.05) is 17.9 Å². The number of rotatable bonds is 5. The third kappa shape index (κ3) is 11.6. The van der Waals surface area contributed by atoms with Gasteiger partial charge in [0.25, 0.3) is 0 Å². The molecule has 0 aliphatic heterocycles. The second-order valence-corrected chi connectivity index (χ2v) is 6.51. The van der Waals surface area contributed by atoms with Crippen molar-refractivity contribution in [2.45, 2.75) is 45.7 Å². The number of hydrogen-bond donors (Lipinski definition) is 1. The van der Waals surface area contributed by atoms with Crippen molar-refractivity contribution >= 4 is 41.3 Å². The predicted octanol–water partition coefficient (Wildman–Crippen LogP) is 4.85. The van der Waals surface area contributed by atoms with Gasteiger partial charge >= 0.3 is 6.18 Å². The molecule has 0 fully saturated rings. The molecule has 11 heteroatoms. The summed E-state index contributed by atoms with van der Waals surface area (Å²) in [5.41, 5.74) is -0.935. The number of alkyl halides is 3. The first-order chi connectivity index (χ1) is 13.3. The van der Waals surface area contributed by atoms with Gasteiger partial charge in [0.2, 0.25) is 5.91 Å². The number of carbonyl (C=O) groups is 3. The van der Waals surface area contributed by atoms with E-state index < -0.39 is 23.6 Å². The molecule has 1 aromatic carbocycles. The molecule has 0 saturated carbocycles. The Hall–Kier alpha value is -1.91. The molecule has 0 aromatic heterocycles. The highest BCUT2D eigenvalue weighted by atomic mass is 35.5. The molecular weight excluding hydrogens is 436 g/mol. The fourth-order valence-corrected chi connectivity index (χ4v) is 2.53. The van der Waals surface area contributed by atoms with Gasteiger partial charge in [-0.05, 0) is 31.5 Å². The maximum Gasteiger partial charge on any atom is 0.433 e. The Morgan fingerprint density at radius 3 is 2.14 bits per heavy atom. The Kier molecular flexibility index (Phi) is 14.3. The van der Waals surface area contributed by atoms with Crippen LogP contribution in [0.3, 0.4) is 0 Å². The van der Waals surface area contributed by atoms with Crippen LogP contribution in [-0.2, 0) is 14.4 Å². The number of carbonyl (C=O) groups excluding carboxylic acids is 3. The third-order valence-corrected chi connectivity index (χ3v) is 4.13. The summed E-state index contributed by atoms with van der Waals surface area (Å²) in [5, 5.41) is 0.247. The second-order valence-electron chi connectivity index (χ2n) is 5.04. The van der Waals surface area contributed by atoms with Gasteiger partial charge in [0.05, 0.1) is 10.8 Å². The van der Waals surface area contributed by atoms with Crippen LogP contribution in [-0.4, -0.2) is 34.9 Å². The molecule has 0 aliphatic carbocycles. The minimum absolute atomic E-state index is 0.110. The van der Waals surface area contributed by atoms with E-state index in [1.807, 2.05) is 13.8 Å². The zero-order valence-corrected chi connectivity index (χ0v) is 18.1. The summed E-state index contributed by atoms with van der Waals surface area (Å²) in [6.45, 7) is 7.45. The molecule has 1 amide bonds. The molecule has 0 radical (unpaired) electrons. The van der Waals surface area contributed by atoms with Gasteiger partial charge < -0.3 is 4.79 Å². The van der Waals surface area contributed by atoms with E-state index in [0.717, 1.165) is 25.0 Å². The SMILES string of the molecule is CC.CC(=O)/C=C(\N(N)C(C)=O)C(F)(F)F.Cc1cc(SCC=O)c(Cl)cc1F. The Morgan fingerprint density at radius 1 is 1.24 bits per heavy atom. The lowest BCUT2D eigenvalue weighted by molar-refractivity contribution is -0.141. The van der Waals surface area contributed by atoms with E-state index >= 15 is 0 Å². The normalized spacial score (nSPS) is 10.8. The van der Waals surface area contributed by atoms with Crippen molar-refractivity contribution in [3.8, 4) is 0 Å². The zero-order valence-electron chi connectivity index (χ0n) is 16.6. The monoisotopic (exact) mass is 458 g/mol. The molecule has 29 heavy (non-hydrogen) atoms. The van der Waals surface area contributed by atoms with Crippen LogP contribution in [0.1, 0.15) is 33.3 Å². The van der Waals surface area contributed by atoms with Crippen LogP contribution in [0.15, 0.2) is 28.8 Å². The van der Waals surface area contributed by atoms with Crippen LogP contribution in [0.5, 0.6) is 0 Å². The summed E-state index contributed by atoms with van der Waals surface area (Å²) in [7, 11) is 0. The fraction of sp³-hybridized carbons (Fsp3) is 0.389. The van der Waals surface area contributed by atoms with Gasteiger partial charge in [0.15, 0.2) is 5.78 Å². The molecule has 0 unspecified atom stereocenters. The van der Waals surface area contributed by atoms with Crippen molar-refractivity contribution in [2.24, 2.45) is 5.84 Å². The van der Waals surface area contributed by atoms with Crippen LogP contribution < -0.4 is 5.84 Å². The molecule has 5 nitrogen and oxygen atoms in total. The van der Waals surface area contributed by atoms with Crippen molar-refractivity contribution in [3.05, 3.63) is 40.3 Å². The van der Waals surface area contributed by atoms with E-state index in [1.54, 1.807) is 13.0 Å². The van der Waals surface area contributed by atoms with Gasteiger partial charge in [-0.25, -0.2) is 15.2 Å². The fourth-order valence-electron chi connectivity index (χ4n) is 1.52. The van der Waals surface area contributed by atoms with Crippen LogP contribution in [0.2, 0.25) is 5.02 Å². The number of hydrazine groups is 1. The smallest absolute Gasteiger partial charge is 0.302 e. The number of allylic oxidation sites excluding steroid dienone is 2. The highest BCUT2D eigenvalue weighted by molar-refractivity contribution is 8.00.